The number of imide groups is 2. The van der Waals surface area contributed by atoms with Gasteiger partial charge in [-0.3, -0.25) is 34.2 Å². The largest absolute Gasteiger partial charge is 0.508 e. The van der Waals surface area contributed by atoms with Crippen molar-refractivity contribution < 1.29 is 38.2 Å². The molecule has 0 aliphatic carbocycles. The highest BCUT2D eigenvalue weighted by molar-refractivity contribution is 7.22. The molecule has 5 aromatic rings. The third kappa shape index (κ3) is 7.96. The summed E-state index contributed by atoms with van der Waals surface area (Å²) in [4.78, 5) is 71.2. The topological polar surface area (TPSA) is 137 Å². The number of amides is 4. The van der Waals surface area contributed by atoms with Gasteiger partial charge >= 0.3 is 0 Å². The predicted molar refractivity (Wildman–Crippen MR) is 225 cm³/mol. The number of ether oxygens (including phenoxy) is 1. The number of thiophene rings is 1. The maximum Gasteiger partial charge on any atom is 0.262 e. The summed E-state index contributed by atoms with van der Waals surface area (Å²) in [5.74, 6) is -0.873. The highest BCUT2D eigenvalue weighted by Gasteiger charge is 2.45. The molecule has 13 heteroatoms. The quantitative estimate of drug-likeness (QED) is 0.106. The molecular formula is C47H45FN4O7S. The number of carbonyl (C=O) groups excluding carboxylic acids is 5. The molecule has 0 radical (unpaired) electrons. The average Bonchev–Trinajstić information content (AvgIpc) is 3.76. The van der Waals surface area contributed by atoms with Gasteiger partial charge in [-0.1, -0.05) is 18.2 Å². The summed E-state index contributed by atoms with van der Waals surface area (Å²) in [6.45, 7) is 6.54. The number of fused-ring (bicyclic) bond motifs is 2. The fourth-order valence-electron chi connectivity index (χ4n) is 9.07. The first-order valence-electron chi connectivity index (χ1n) is 20.7. The van der Waals surface area contributed by atoms with Crippen LogP contribution >= 0.6 is 11.3 Å². The van der Waals surface area contributed by atoms with Crippen LogP contribution in [0, 0.1) is 11.7 Å². The van der Waals surface area contributed by atoms with Gasteiger partial charge in [-0.15, -0.1) is 11.3 Å². The van der Waals surface area contributed by atoms with E-state index < -0.39 is 23.8 Å². The monoisotopic (exact) mass is 828 g/mol. The molecule has 3 fully saturated rings. The average molecular weight is 829 g/mol. The van der Waals surface area contributed by atoms with E-state index >= 15 is 0 Å². The number of halogens is 1. The van der Waals surface area contributed by atoms with Crippen LogP contribution in [0.4, 0.5) is 4.39 Å². The number of nitrogens with one attached hydrogen (secondary N) is 1. The van der Waals surface area contributed by atoms with E-state index in [1.807, 2.05) is 24.3 Å². The second-order valence-electron chi connectivity index (χ2n) is 16.3. The lowest BCUT2D eigenvalue weighted by Crippen LogP contribution is -2.54. The van der Waals surface area contributed by atoms with E-state index in [0.29, 0.717) is 40.5 Å². The normalized spacial score (nSPS) is 19.6. The molecule has 4 aromatic carbocycles. The van der Waals surface area contributed by atoms with Crippen LogP contribution in [-0.2, 0) is 9.59 Å². The van der Waals surface area contributed by atoms with E-state index in [-0.39, 0.29) is 42.0 Å². The van der Waals surface area contributed by atoms with Crippen molar-refractivity contribution in [3.05, 3.63) is 119 Å². The van der Waals surface area contributed by atoms with Gasteiger partial charge in [0.25, 0.3) is 11.8 Å². The standard InChI is InChI=1S/C47H45FN4O7S/c48-33-6-1-31(2-7-33)44-42(37-12-8-34(53)26-40(37)60-44)43(55)30-3-9-35(10-4-30)59-27-28-15-19-50(20-16-28)23-24-51-21-17-29(18-22-51)32-5-11-36-38(25-32)47(58)52(46(36)57)39-13-14-41(54)49-45(39)56/h1-12,25-26,28-29,39,53H,13-24,27H2,(H,49,54,56). The molecular weight excluding hydrogens is 784 g/mol. The molecule has 60 heavy (non-hydrogen) atoms. The summed E-state index contributed by atoms with van der Waals surface area (Å²) in [6, 6.07) is 22.9. The lowest BCUT2D eigenvalue weighted by Gasteiger charge is -2.36. The number of rotatable bonds is 11. The number of carbonyl (C=O) groups is 5. The van der Waals surface area contributed by atoms with Crippen molar-refractivity contribution in [3.8, 4) is 21.9 Å². The third-order valence-corrected chi connectivity index (χ3v) is 13.8. The molecule has 0 spiro atoms. The number of likely N-dealkylation sites (tertiary alicyclic amines) is 2. The maximum absolute atomic E-state index is 13.9. The fraction of sp³-hybridized carbons (Fsp3) is 0.340. The van der Waals surface area contributed by atoms with Gasteiger partial charge in [0.05, 0.1) is 17.7 Å². The Morgan fingerprint density at radius 3 is 2.17 bits per heavy atom. The van der Waals surface area contributed by atoms with Crippen LogP contribution < -0.4 is 10.1 Å². The second kappa shape index (κ2) is 16.7. The highest BCUT2D eigenvalue weighted by Crippen LogP contribution is 2.41. The van der Waals surface area contributed by atoms with Crippen LogP contribution in [-0.4, -0.2) is 101 Å². The SMILES string of the molecule is O=C1CCC(N2C(=O)c3ccc(C4CCN(CCN5CCC(COc6ccc(C(=O)c7c(-c8ccc(F)cc8)sc8cc(O)ccc78)cc6)CC5)CC4)cc3C2=O)C(=O)N1. The van der Waals surface area contributed by atoms with Crippen LogP contribution in [0.3, 0.4) is 0 Å². The van der Waals surface area contributed by atoms with Crippen molar-refractivity contribution in [2.24, 2.45) is 5.92 Å². The van der Waals surface area contributed by atoms with E-state index in [9.17, 15) is 33.5 Å². The van der Waals surface area contributed by atoms with Crippen LogP contribution in [0.5, 0.6) is 11.5 Å². The Bertz CT molecular complexity index is 2490. The Balaban J connectivity index is 0.724. The van der Waals surface area contributed by atoms with Crippen LogP contribution in [0.1, 0.15) is 86.6 Å². The summed E-state index contributed by atoms with van der Waals surface area (Å²) in [5.41, 5.74) is 3.49. The minimum atomic E-state index is -0.964. The zero-order chi connectivity index (χ0) is 41.5. The Hall–Kier alpha value is -5.76. The smallest absolute Gasteiger partial charge is 0.262 e. The molecule has 1 unspecified atom stereocenters. The van der Waals surface area contributed by atoms with Gasteiger partial charge in [0.1, 0.15) is 23.4 Å². The van der Waals surface area contributed by atoms with Crippen LogP contribution in [0.15, 0.2) is 84.9 Å². The van der Waals surface area contributed by atoms with Crippen LogP contribution in [0.25, 0.3) is 20.5 Å². The molecule has 4 aliphatic heterocycles. The number of hydrogen-bond acceptors (Lipinski definition) is 10. The van der Waals surface area contributed by atoms with E-state index in [1.54, 1.807) is 48.5 Å². The van der Waals surface area contributed by atoms with Crippen molar-refractivity contribution in [1.29, 1.82) is 0 Å². The van der Waals surface area contributed by atoms with E-state index in [4.69, 9.17) is 4.74 Å². The number of hydrogen-bond donors (Lipinski definition) is 2. The number of nitrogens with zero attached hydrogens (tertiary/aromatic N) is 3. The molecule has 308 valence electrons. The molecule has 9 rings (SSSR count). The van der Waals surface area contributed by atoms with Gasteiger partial charge in [0.2, 0.25) is 11.8 Å². The van der Waals surface area contributed by atoms with E-state index in [0.717, 1.165) is 95.9 Å². The summed E-state index contributed by atoms with van der Waals surface area (Å²) in [5, 5.41) is 13.1. The van der Waals surface area contributed by atoms with E-state index in [2.05, 4.69) is 15.1 Å². The zero-order valence-electron chi connectivity index (χ0n) is 33.0. The van der Waals surface area contributed by atoms with Gasteiger partial charge in [-0.05, 0) is 148 Å². The highest BCUT2D eigenvalue weighted by atomic mass is 32.1. The summed E-state index contributed by atoms with van der Waals surface area (Å²) in [6.07, 6.45) is 4.25. The Morgan fingerprint density at radius 2 is 1.47 bits per heavy atom. The van der Waals surface area contributed by atoms with Crippen molar-refractivity contribution >= 4 is 50.8 Å². The number of ketones is 1. The first kappa shape index (κ1) is 39.7. The van der Waals surface area contributed by atoms with E-state index in [1.165, 1.54) is 23.5 Å². The van der Waals surface area contributed by atoms with Gasteiger partial charge in [-0.2, -0.15) is 0 Å². The fourth-order valence-corrected chi connectivity index (χ4v) is 10.3. The van der Waals surface area contributed by atoms with Crippen molar-refractivity contribution in [2.75, 3.05) is 45.9 Å². The van der Waals surface area contributed by atoms with Crippen molar-refractivity contribution in [2.45, 2.75) is 50.5 Å². The number of aromatic hydroxyl groups is 1. The number of phenols is 1. The minimum absolute atomic E-state index is 0.0958. The molecule has 0 saturated carbocycles. The summed E-state index contributed by atoms with van der Waals surface area (Å²) < 4.78 is 20.7. The molecule has 3 saturated heterocycles. The first-order valence-corrected chi connectivity index (χ1v) is 21.5. The van der Waals surface area contributed by atoms with Crippen LogP contribution in [0.2, 0.25) is 0 Å². The maximum atomic E-state index is 13.9. The molecule has 0 bridgehead atoms. The number of piperidine rings is 3. The zero-order valence-corrected chi connectivity index (χ0v) is 33.8. The van der Waals surface area contributed by atoms with Crippen molar-refractivity contribution in [1.82, 2.24) is 20.0 Å². The number of benzene rings is 4. The first-order chi connectivity index (χ1) is 29.1. The Morgan fingerprint density at radius 1 is 0.783 bits per heavy atom. The number of phenolic OH excluding ortho intramolecular Hbond substituents is 1. The van der Waals surface area contributed by atoms with Gasteiger partial charge in [0.15, 0.2) is 5.78 Å². The van der Waals surface area contributed by atoms with Crippen molar-refractivity contribution in [3.63, 3.8) is 0 Å². The molecule has 1 atom stereocenters. The molecule has 2 N–H and O–H groups in total. The van der Waals surface area contributed by atoms with Gasteiger partial charge in [-0.25, -0.2) is 4.39 Å². The lowest BCUT2D eigenvalue weighted by molar-refractivity contribution is -0.136. The predicted octanol–water partition coefficient (Wildman–Crippen LogP) is 7.02. The second-order valence-corrected chi connectivity index (χ2v) is 17.4. The van der Waals surface area contributed by atoms with Gasteiger partial charge < -0.3 is 19.6 Å². The third-order valence-electron chi connectivity index (χ3n) is 12.6. The minimum Gasteiger partial charge on any atom is -0.508 e. The Labute approximate surface area is 350 Å². The summed E-state index contributed by atoms with van der Waals surface area (Å²) in [7, 11) is 0. The summed E-state index contributed by atoms with van der Waals surface area (Å²) >= 11 is 1.40. The Kier molecular flexibility index (Phi) is 11.1. The molecule has 5 heterocycles. The van der Waals surface area contributed by atoms with Gasteiger partial charge in [0, 0.05) is 45.6 Å². The lowest BCUT2D eigenvalue weighted by atomic mass is 9.88. The molecule has 11 nitrogen and oxygen atoms in total. The molecule has 4 aliphatic rings. The molecule has 4 amide bonds. The molecule has 1 aromatic heterocycles.